The smallest absolute Gasteiger partial charge is 0.273 e. The van der Waals surface area contributed by atoms with E-state index >= 15 is 0 Å². The third kappa shape index (κ3) is 4.61. The molecule has 1 aliphatic carbocycles. The molecule has 0 atom stereocenters. The van der Waals surface area contributed by atoms with E-state index in [-0.39, 0.29) is 17.4 Å². The lowest BCUT2D eigenvalue weighted by Crippen LogP contribution is -2.29. The molecule has 3 rings (SSSR count). The van der Waals surface area contributed by atoms with Crippen molar-refractivity contribution in [2.45, 2.75) is 65.5 Å². The quantitative estimate of drug-likeness (QED) is 0.817. The molecular weight excluding hydrogens is 352 g/mol. The Hall–Kier alpha value is -2.63. The number of anilines is 1. The molecule has 150 valence electrons. The molecule has 1 aromatic heterocycles. The predicted molar refractivity (Wildman–Crippen MR) is 110 cm³/mol. The first kappa shape index (κ1) is 20.1. The molecule has 1 N–H and O–H groups in total. The van der Waals surface area contributed by atoms with Gasteiger partial charge in [-0.25, -0.2) is 0 Å². The van der Waals surface area contributed by atoms with E-state index in [1.807, 2.05) is 41.9 Å². The van der Waals surface area contributed by atoms with Gasteiger partial charge in [-0.3, -0.25) is 14.3 Å². The summed E-state index contributed by atoms with van der Waals surface area (Å²) in [5, 5.41) is 7.71. The number of benzene rings is 1. The first-order valence-electron chi connectivity index (χ1n) is 9.95. The molecule has 1 heterocycles. The minimum Gasteiger partial charge on any atom is -0.339 e. The Morgan fingerprint density at radius 1 is 1.25 bits per heavy atom. The van der Waals surface area contributed by atoms with Crippen molar-refractivity contribution in [2.24, 2.45) is 0 Å². The van der Waals surface area contributed by atoms with Crippen molar-refractivity contribution in [3.8, 4) is 0 Å². The Balaban J connectivity index is 1.80. The van der Waals surface area contributed by atoms with Gasteiger partial charge in [-0.15, -0.1) is 0 Å². The highest BCUT2D eigenvalue weighted by molar-refractivity contribution is 6.03. The van der Waals surface area contributed by atoms with Crippen LogP contribution >= 0.6 is 0 Å². The van der Waals surface area contributed by atoms with Crippen molar-refractivity contribution >= 4 is 17.5 Å². The number of aromatic nitrogens is 2. The molecule has 2 amide bonds. The van der Waals surface area contributed by atoms with Crippen LogP contribution < -0.4 is 5.32 Å². The SMILES string of the molecule is CCN(Cc1cccc(NC(=O)c2cc(C3CC3)nn2C(C)(C)C)c1)C(C)=O. The summed E-state index contributed by atoms with van der Waals surface area (Å²) >= 11 is 0. The minimum atomic E-state index is -0.273. The highest BCUT2D eigenvalue weighted by atomic mass is 16.2. The lowest BCUT2D eigenvalue weighted by Gasteiger charge is -2.22. The highest BCUT2D eigenvalue weighted by Crippen LogP contribution is 2.40. The highest BCUT2D eigenvalue weighted by Gasteiger charge is 2.31. The van der Waals surface area contributed by atoms with Crippen molar-refractivity contribution in [3.63, 3.8) is 0 Å². The second-order valence-corrected chi connectivity index (χ2v) is 8.50. The van der Waals surface area contributed by atoms with Crippen molar-refractivity contribution < 1.29 is 9.59 Å². The summed E-state index contributed by atoms with van der Waals surface area (Å²) < 4.78 is 1.83. The van der Waals surface area contributed by atoms with E-state index in [1.165, 1.54) is 0 Å². The fourth-order valence-corrected chi connectivity index (χ4v) is 3.26. The number of rotatable bonds is 6. The summed E-state index contributed by atoms with van der Waals surface area (Å²) in [5.74, 6) is 0.370. The Kier molecular flexibility index (Phi) is 5.59. The molecule has 0 aliphatic heterocycles. The second kappa shape index (κ2) is 7.78. The Labute approximate surface area is 166 Å². The van der Waals surface area contributed by atoms with Crippen molar-refractivity contribution in [1.29, 1.82) is 0 Å². The van der Waals surface area contributed by atoms with Gasteiger partial charge in [0.1, 0.15) is 5.69 Å². The number of nitrogens with zero attached hydrogens (tertiary/aromatic N) is 3. The molecule has 0 bridgehead atoms. The summed E-state index contributed by atoms with van der Waals surface area (Å²) in [6.07, 6.45) is 2.29. The predicted octanol–water partition coefficient (Wildman–Crippen LogP) is 4.14. The fourth-order valence-electron chi connectivity index (χ4n) is 3.26. The number of hydrogen-bond acceptors (Lipinski definition) is 3. The Morgan fingerprint density at radius 3 is 2.54 bits per heavy atom. The monoisotopic (exact) mass is 382 g/mol. The number of amides is 2. The molecule has 6 heteroatoms. The van der Waals surface area contributed by atoms with E-state index in [0.717, 1.165) is 29.8 Å². The van der Waals surface area contributed by atoms with Gasteiger partial charge in [-0.2, -0.15) is 5.10 Å². The number of carbonyl (C=O) groups excluding carboxylic acids is 2. The average molecular weight is 383 g/mol. The van der Waals surface area contributed by atoms with E-state index in [9.17, 15) is 9.59 Å². The maximum Gasteiger partial charge on any atom is 0.273 e. The van der Waals surface area contributed by atoms with Crippen LogP contribution in [0.2, 0.25) is 0 Å². The second-order valence-electron chi connectivity index (χ2n) is 8.50. The van der Waals surface area contributed by atoms with E-state index < -0.39 is 0 Å². The van der Waals surface area contributed by atoms with Crippen LogP contribution in [0.25, 0.3) is 0 Å². The molecule has 1 saturated carbocycles. The zero-order valence-electron chi connectivity index (χ0n) is 17.5. The third-order valence-electron chi connectivity index (χ3n) is 4.98. The normalized spacial score (nSPS) is 14.0. The van der Waals surface area contributed by atoms with Gasteiger partial charge in [0.15, 0.2) is 0 Å². The van der Waals surface area contributed by atoms with Gasteiger partial charge in [-0.1, -0.05) is 12.1 Å². The summed E-state index contributed by atoms with van der Waals surface area (Å²) in [7, 11) is 0. The van der Waals surface area contributed by atoms with Gasteiger partial charge in [0, 0.05) is 31.6 Å². The minimum absolute atomic E-state index is 0.0404. The summed E-state index contributed by atoms with van der Waals surface area (Å²) in [6, 6.07) is 9.58. The van der Waals surface area contributed by atoms with Crippen LogP contribution in [-0.2, 0) is 16.9 Å². The molecular formula is C22H30N4O2. The molecule has 2 aromatic rings. The zero-order valence-corrected chi connectivity index (χ0v) is 17.5. The largest absolute Gasteiger partial charge is 0.339 e. The maximum atomic E-state index is 13.0. The third-order valence-corrected chi connectivity index (χ3v) is 4.98. The first-order valence-corrected chi connectivity index (χ1v) is 9.95. The topological polar surface area (TPSA) is 67.2 Å². The van der Waals surface area contributed by atoms with Gasteiger partial charge >= 0.3 is 0 Å². The van der Waals surface area contributed by atoms with Crippen molar-refractivity contribution in [1.82, 2.24) is 14.7 Å². The van der Waals surface area contributed by atoms with Crippen LogP contribution in [0.15, 0.2) is 30.3 Å². The van der Waals surface area contributed by atoms with Gasteiger partial charge in [0.2, 0.25) is 5.91 Å². The van der Waals surface area contributed by atoms with E-state index in [4.69, 9.17) is 5.10 Å². The van der Waals surface area contributed by atoms with Crippen molar-refractivity contribution in [2.75, 3.05) is 11.9 Å². The lowest BCUT2D eigenvalue weighted by atomic mass is 10.1. The molecule has 0 saturated heterocycles. The summed E-state index contributed by atoms with van der Waals surface area (Å²) in [4.78, 5) is 26.4. The molecule has 0 radical (unpaired) electrons. The van der Waals surface area contributed by atoms with E-state index in [1.54, 1.807) is 11.8 Å². The molecule has 0 unspecified atom stereocenters. The van der Waals surface area contributed by atoms with Gasteiger partial charge in [0.25, 0.3) is 5.91 Å². The van der Waals surface area contributed by atoms with E-state index in [2.05, 4.69) is 26.1 Å². The molecule has 1 fully saturated rings. The van der Waals surface area contributed by atoms with Crippen molar-refractivity contribution in [3.05, 3.63) is 47.3 Å². The average Bonchev–Trinajstić information content (AvgIpc) is 3.36. The van der Waals surface area contributed by atoms with Crippen LogP contribution in [0.1, 0.15) is 75.1 Å². The van der Waals surface area contributed by atoms with Gasteiger partial charge in [-0.05, 0) is 64.3 Å². The Morgan fingerprint density at radius 2 is 1.96 bits per heavy atom. The van der Waals surface area contributed by atoms with Crippen LogP contribution in [-0.4, -0.2) is 33.0 Å². The number of carbonyl (C=O) groups is 2. The number of hydrogen-bond donors (Lipinski definition) is 1. The standard InChI is InChI=1S/C22H30N4O2/c1-6-25(15(2)27)14-16-8-7-9-18(12-16)23-21(28)20-13-19(17-10-11-17)24-26(20)22(3,4)5/h7-9,12-13,17H,6,10-11,14H2,1-5H3,(H,23,28). The van der Waals surface area contributed by atoms with Gasteiger partial charge < -0.3 is 10.2 Å². The molecule has 6 nitrogen and oxygen atoms in total. The lowest BCUT2D eigenvalue weighted by molar-refractivity contribution is -0.129. The summed E-state index contributed by atoms with van der Waals surface area (Å²) in [6.45, 7) is 10.9. The van der Waals surface area contributed by atoms with Crippen LogP contribution in [0.3, 0.4) is 0 Å². The van der Waals surface area contributed by atoms with E-state index in [0.29, 0.717) is 24.7 Å². The Bertz CT molecular complexity index is 875. The number of nitrogens with one attached hydrogen (secondary N) is 1. The molecule has 1 aromatic carbocycles. The molecule has 28 heavy (non-hydrogen) atoms. The first-order chi connectivity index (χ1) is 13.2. The maximum absolute atomic E-state index is 13.0. The zero-order chi connectivity index (χ0) is 20.5. The van der Waals surface area contributed by atoms with Gasteiger partial charge in [0.05, 0.1) is 11.2 Å². The molecule has 0 spiro atoms. The van der Waals surface area contributed by atoms with Crippen LogP contribution in [0.5, 0.6) is 0 Å². The van der Waals surface area contributed by atoms with Crippen LogP contribution in [0.4, 0.5) is 5.69 Å². The summed E-state index contributed by atoms with van der Waals surface area (Å²) in [5.41, 5.74) is 3.02. The fraction of sp³-hybridized carbons (Fsp3) is 0.500. The molecule has 1 aliphatic rings. The van der Waals surface area contributed by atoms with Crippen LogP contribution in [0, 0.1) is 0 Å².